The van der Waals surface area contributed by atoms with E-state index in [9.17, 15) is 4.79 Å². The van der Waals surface area contributed by atoms with Crippen molar-refractivity contribution in [3.8, 4) is 0 Å². The van der Waals surface area contributed by atoms with Crippen molar-refractivity contribution in [1.82, 2.24) is 0 Å². The first kappa shape index (κ1) is 17.5. The largest absolute Gasteiger partial charge is 0.461 e. The van der Waals surface area contributed by atoms with Crippen LogP contribution in [0.4, 0.5) is 0 Å². The van der Waals surface area contributed by atoms with Crippen molar-refractivity contribution in [1.29, 1.82) is 0 Å². The monoisotopic (exact) mass is 396 g/mol. The summed E-state index contributed by atoms with van der Waals surface area (Å²) in [6.45, 7) is 14.5. The van der Waals surface area contributed by atoms with Gasteiger partial charge in [0.2, 0.25) is 0 Å². The molecule has 0 N–H and O–H groups in total. The Balaban J connectivity index is 2.97. The van der Waals surface area contributed by atoms with E-state index in [1.165, 1.54) is 0 Å². The van der Waals surface area contributed by atoms with E-state index in [0.717, 1.165) is 6.42 Å². The molecule has 0 heterocycles. The third kappa shape index (κ3) is 3.55. The summed E-state index contributed by atoms with van der Waals surface area (Å²) in [5.74, 6) is -0.117. The number of halogens is 2. The molecule has 19 heavy (non-hydrogen) atoms. The van der Waals surface area contributed by atoms with Gasteiger partial charge in [0.1, 0.15) is 6.10 Å². The van der Waals surface area contributed by atoms with Crippen LogP contribution in [-0.2, 0) is 9.53 Å². The van der Waals surface area contributed by atoms with E-state index in [-0.39, 0.29) is 27.7 Å². The van der Waals surface area contributed by atoms with Gasteiger partial charge in [0.15, 0.2) is 0 Å². The topological polar surface area (TPSA) is 26.3 Å². The molecule has 0 radical (unpaired) electrons. The Labute approximate surface area is 134 Å². The van der Waals surface area contributed by atoms with Gasteiger partial charge in [0.25, 0.3) is 0 Å². The Morgan fingerprint density at radius 1 is 1.11 bits per heavy atom. The second-order valence-corrected chi connectivity index (χ2v) is 9.93. The molecule has 1 aliphatic rings. The van der Waals surface area contributed by atoms with Gasteiger partial charge in [-0.1, -0.05) is 59.6 Å². The van der Waals surface area contributed by atoms with Crippen LogP contribution in [0.5, 0.6) is 0 Å². The fourth-order valence-electron chi connectivity index (χ4n) is 2.30. The van der Waals surface area contributed by atoms with Crippen LogP contribution in [0.15, 0.2) is 0 Å². The number of alkyl halides is 2. The molecule has 0 aromatic heterocycles. The fraction of sp³-hybridized carbons (Fsp3) is 0.933. The summed E-state index contributed by atoms with van der Waals surface area (Å²) in [4.78, 5) is 12.8. The van der Waals surface area contributed by atoms with Crippen LogP contribution in [0.2, 0.25) is 0 Å². The lowest BCUT2D eigenvalue weighted by molar-refractivity contribution is -0.170. The maximum absolute atomic E-state index is 12.2. The minimum Gasteiger partial charge on any atom is -0.461 e. The van der Waals surface area contributed by atoms with E-state index in [0.29, 0.717) is 4.83 Å². The Morgan fingerprint density at radius 2 is 1.58 bits per heavy atom. The summed E-state index contributed by atoms with van der Waals surface area (Å²) in [6, 6.07) is 0. The first-order valence-electron chi connectivity index (χ1n) is 6.79. The zero-order valence-electron chi connectivity index (χ0n) is 13.0. The second-order valence-electron chi connectivity index (χ2n) is 7.96. The van der Waals surface area contributed by atoms with Crippen molar-refractivity contribution >= 4 is 37.8 Å². The van der Waals surface area contributed by atoms with Gasteiger partial charge >= 0.3 is 5.97 Å². The van der Waals surface area contributed by atoms with Gasteiger partial charge in [-0.05, 0) is 32.6 Å². The lowest BCUT2D eigenvalue weighted by Gasteiger charge is -2.52. The Morgan fingerprint density at radius 3 is 2.00 bits per heavy atom. The first-order chi connectivity index (χ1) is 8.30. The SMILES string of the molecule is CC(C)(C)C(=O)O[C@H]1CC(C)(C)[C@@H](Br)[C@H](Br)C1(C)C. The van der Waals surface area contributed by atoms with Crippen molar-refractivity contribution in [3.63, 3.8) is 0 Å². The summed E-state index contributed by atoms with van der Waals surface area (Å²) >= 11 is 7.59. The van der Waals surface area contributed by atoms with Crippen LogP contribution in [0.1, 0.15) is 54.9 Å². The molecular weight excluding hydrogens is 372 g/mol. The molecular formula is C15H26Br2O2. The van der Waals surface area contributed by atoms with Crippen molar-refractivity contribution in [2.24, 2.45) is 16.2 Å². The summed E-state index contributed by atoms with van der Waals surface area (Å²) < 4.78 is 5.84. The van der Waals surface area contributed by atoms with Crippen molar-refractivity contribution in [2.75, 3.05) is 0 Å². The number of hydrogen-bond donors (Lipinski definition) is 0. The number of ether oxygens (including phenoxy) is 1. The van der Waals surface area contributed by atoms with Crippen LogP contribution in [0.25, 0.3) is 0 Å². The van der Waals surface area contributed by atoms with Gasteiger partial charge < -0.3 is 4.74 Å². The average Bonchev–Trinajstić information content (AvgIpc) is 2.22. The molecule has 0 saturated heterocycles. The lowest BCUT2D eigenvalue weighted by atomic mass is 9.64. The molecule has 0 aliphatic heterocycles. The quantitative estimate of drug-likeness (QED) is 0.463. The maximum atomic E-state index is 12.2. The predicted molar refractivity (Wildman–Crippen MR) is 86.9 cm³/mol. The summed E-state index contributed by atoms with van der Waals surface area (Å²) in [5.41, 5.74) is -0.454. The number of hydrogen-bond acceptors (Lipinski definition) is 2. The Bertz CT molecular complexity index is 356. The van der Waals surface area contributed by atoms with Gasteiger partial charge in [-0.15, -0.1) is 0 Å². The molecule has 112 valence electrons. The standard InChI is InChI=1S/C15H26Br2O2/c1-13(2,3)12(18)19-9-8-14(4,5)10(16)11(17)15(9,6)7/h9-11H,8H2,1-7H3/t9-,10-,11-/m0/s1. The average molecular weight is 398 g/mol. The highest BCUT2D eigenvalue weighted by atomic mass is 79.9. The van der Waals surface area contributed by atoms with E-state index < -0.39 is 5.41 Å². The van der Waals surface area contributed by atoms with Gasteiger partial charge in [-0.3, -0.25) is 4.79 Å². The van der Waals surface area contributed by atoms with Gasteiger partial charge in [0, 0.05) is 15.1 Å². The molecule has 1 aliphatic carbocycles. The molecule has 0 aromatic carbocycles. The molecule has 0 aromatic rings. The number of rotatable bonds is 1. The molecule has 0 amide bonds. The van der Waals surface area contributed by atoms with Gasteiger partial charge in [0.05, 0.1) is 5.41 Å². The van der Waals surface area contributed by atoms with Crippen LogP contribution < -0.4 is 0 Å². The molecule has 4 heteroatoms. The number of esters is 1. The number of carbonyl (C=O) groups excluding carboxylic acids is 1. The summed E-state index contributed by atoms with van der Waals surface area (Å²) in [7, 11) is 0. The minimum atomic E-state index is -0.451. The van der Waals surface area contributed by atoms with Crippen molar-refractivity contribution in [2.45, 2.75) is 70.6 Å². The fourth-order valence-corrected chi connectivity index (χ4v) is 4.18. The highest BCUT2D eigenvalue weighted by Crippen LogP contribution is 2.52. The normalized spacial score (nSPS) is 33.8. The molecule has 1 rings (SSSR count). The second kappa shape index (κ2) is 5.32. The zero-order chi connectivity index (χ0) is 15.2. The third-order valence-electron chi connectivity index (χ3n) is 4.12. The van der Waals surface area contributed by atoms with Crippen LogP contribution in [-0.4, -0.2) is 21.7 Å². The molecule has 3 atom stereocenters. The van der Waals surface area contributed by atoms with Gasteiger partial charge in [-0.2, -0.15) is 0 Å². The Hall–Kier alpha value is 0.430. The van der Waals surface area contributed by atoms with E-state index >= 15 is 0 Å². The van der Waals surface area contributed by atoms with E-state index in [1.54, 1.807) is 0 Å². The van der Waals surface area contributed by atoms with E-state index in [1.807, 2.05) is 20.8 Å². The molecule has 1 saturated carbocycles. The highest BCUT2D eigenvalue weighted by molar-refractivity contribution is 9.12. The minimum absolute atomic E-state index is 0.0626. The molecule has 2 nitrogen and oxygen atoms in total. The Kier molecular flexibility index (Phi) is 4.90. The van der Waals surface area contributed by atoms with E-state index in [2.05, 4.69) is 59.6 Å². The highest BCUT2D eigenvalue weighted by Gasteiger charge is 2.53. The van der Waals surface area contributed by atoms with Crippen LogP contribution in [0, 0.1) is 16.2 Å². The number of carbonyl (C=O) groups is 1. The molecule has 0 unspecified atom stereocenters. The summed E-state index contributed by atoms with van der Waals surface area (Å²) in [5, 5.41) is 0. The third-order valence-corrected chi connectivity index (χ3v) is 8.30. The molecule has 0 bridgehead atoms. The van der Waals surface area contributed by atoms with Crippen molar-refractivity contribution in [3.05, 3.63) is 0 Å². The summed E-state index contributed by atoms with van der Waals surface area (Å²) in [6.07, 6.45) is 0.812. The van der Waals surface area contributed by atoms with Gasteiger partial charge in [-0.25, -0.2) is 0 Å². The zero-order valence-corrected chi connectivity index (χ0v) is 16.2. The van der Waals surface area contributed by atoms with Crippen LogP contribution >= 0.6 is 31.9 Å². The lowest BCUT2D eigenvalue weighted by Crippen LogP contribution is -2.55. The smallest absolute Gasteiger partial charge is 0.311 e. The predicted octanol–water partition coefficient (Wildman–Crippen LogP) is 4.93. The van der Waals surface area contributed by atoms with Crippen molar-refractivity contribution < 1.29 is 9.53 Å². The first-order valence-corrected chi connectivity index (χ1v) is 8.62. The van der Waals surface area contributed by atoms with E-state index in [4.69, 9.17) is 4.74 Å². The molecule has 0 spiro atoms. The maximum Gasteiger partial charge on any atom is 0.311 e. The van der Waals surface area contributed by atoms with Crippen LogP contribution in [0.3, 0.4) is 0 Å². The molecule has 1 fully saturated rings.